The molecule has 1 rings (SSSR count). The van der Waals surface area contributed by atoms with E-state index in [1.807, 2.05) is 26.0 Å². The maximum absolute atomic E-state index is 12.0. The molecule has 0 bridgehead atoms. The number of benzene rings is 1. The average Bonchev–Trinajstić information content (AvgIpc) is 2.06. The maximum Gasteiger partial charge on any atom is 0.387 e. The van der Waals surface area contributed by atoms with Crippen LogP contribution in [-0.2, 0) is 6.42 Å². The summed E-state index contributed by atoms with van der Waals surface area (Å²) in [6.45, 7) is 1.33. The van der Waals surface area contributed by atoms with Gasteiger partial charge in [0.25, 0.3) is 0 Å². The van der Waals surface area contributed by atoms with Gasteiger partial charge in [0.2, 0.25) is 0 Å². The molecule has 1 aromatic rings. The van der Waals surface area contributed by atoms with E-state index in [1.165, 1.54) is 0 Å². The normalized spacial score (nSPS) is 11.0. The van der Waals surface area contributed by atoms with Gasteiger partial charge in [-0.15, -0.1) is 0 Å². The molecule has 0 amide bonds. The Bertz CT molecular complexity index is 255. The molecule has 0 saturated heterocycles. The third-order valence-corrected chi connectivity index (χ3v) is 1.82. The Morgan fingerprint density at radius 2 is 1.86 bits per heavy atom. The van der Waals surface area contributed by atoms with Crippen molar-refractivity contribution >= 4 is 0 Å². The van der Waals surface area contributed by atoms with Crippen molar-refractivity contribution in [2.45, 2.75) is 26.9 Å². The zero-order valence-corrected chi connectivity index (χ0v) is 8.34. The lowest BCUT2D eigenvalue weighted by atomic mass is 10.0. The highest BCUT2D eigenvalue weighted by atomic mass is 19.3. The molecule has 0 aromatic heterocycles. The Labute approximate surface area is 82.7 Å². The molecule has 0 fully saturated rings. The van der Waals surface area contributed by atoms with Crippen LogP contribution >= 0.6 is 0 Å². The van der Waals surface area contributed by atoms with Gasteiger partial charge in [0.1, 0.15) is 5.75 Å². The monoisotopic (exact) mass is 200 g/mol. The Morgan fingerprint density at radius 1 is 1.21 bits per heavy atom. The fourth-order valence-corrected chi connectivity index (χ4v) is 1.32. The summed E-state index contributed by atoms with van der Waals surface area (Å²) in [6.07, 6.45) is 0.753. The summed E-state index contributed by atoms with van der Waals surface area (Å²) in [6, 6.07) is 6.92. The van der Waals surface area contributed by atoms with Gasteiger partial charge in [-0.3, -0.25) is 0 Å². The van der Waals surface area contributed by atoms with Crippen LogP contribution in [0.4, 0.5) is 8.78 Å². The van der Waals surface area contributed by atoms with Gasteiger partial charge in [0.05, 0.1) is 0 Å². The molecule has 0 aliphatic heterocycles. The van der Waals surface area contributed by atoms with E-state index < -0.39 is 6.61 Å². The lowest BCUT2D eigenvalue weighted by Gasteiger charge is -2.11. The van der Waals surface area contributed by atoms with Gasteiger partial charge in [-0.05, 0) is 24.0 Å². The van der Waals surface area contributed by atoms with Crippen LogP contribution in [0.2, 0.25) is 0 Å². The van der Waals surface area contributed by atoms with Gasteiger partial charge >= 0.3 is 6.61 Å². The first-order valence-electron chi connectivity index (χ1n) is 4.62. The SMILES string of the molecule is CC(C)Cc1ccccc1OC(F)F. The van der Waals surface area contributed by atoms with E-state index in [-0.39, 0.29) is 5.75 Å². The molecule has 0 aliphatic carbocycles. The molecule has 14 heavy (non-hydrogen) atoms. The van der Waals surface area contributed by atoms with Crippen molar-refractivity contribution < 1.29 is 13.5 Å². The Morgan fingerprint density at radius 3 is 2.43 bits per heavy atom. The van der Waals surface area contributed by atoms with E-state index >= 15 is 0 Å². The summed E-state index contributed by atoms with van der Waals surface area (Å²) in [7, 11) is 0. The molecule has 0 saturated carbocycles. The molecule has 0 aliphatic rings. The maximum atomic E-state index is 12.0. The van der Waals surface area contributed by atoms with E-state index in [0.717, 1.165) is 12.0 Å². The molecule has 78 valence electrons. The van der Waals surface area contributed by atoms with E-state index in [1.54, 1.807) is 12.1 Å². The summed E-state index contributed by atoms with van der Waals surface area (Å²) >= 11 is 0. The van der Waals surface area contributed by atoms with Crippen LogP contribution in [0.5, 0.6) is 5.75 Å². The summed E-state index contributed by atoms with van der Waals surface area (Å²) in [5.74, 6) is 0.716. The minimum absolute atomic E-state index is 0.288. The fourth-order valence-electron chi connectivity index (χ4n) is 1.32. The van der Waals surface area contributed by atoms with Crippen molar-refractivity contribution in [3.63, 3.8) is 0 Å². The van der Waals surface area contributed by atoms with Gasteiger partial charge in [0, 0.05) is 0 Å². The smallest absolute Gasteiger partial charge is 0.387 e. The van der Waals surface area contributed by atoms with E-state index in [2.05, 4.69) is 4.74 Å². The van der Waals surface area contributed by atoms with Gasteiger partial charge in [0.15, 0.2) is 0 Å². The number of halogens is 2. The molecular weight excluding hydrogens is 186 g/mol. The minimum Gasteiger partial charge on any atom is -0.435 e. The second-order valence-corrected chi connectivity index (χ2v) is 3.58. The standard InChI is InChI=1S/C11H14F2O/c1-8(2)7-9-5-3-4-6-10(9)14-11(12)13/h3-6,8,11H,7H2,1-2H3. The van der Waals surface area contributed by atoms with Crippen LogP contribution in [0.15, 0.2) is 24.3 Å². The summed E-state index contributed by atoms with van der Waals surface area (Å²) in [5, 5.41) is 0. The summed E-state index contributed by atoms with van der Waals surface area (Å²) < 4.78 is 28.4. The van der Waals surface area contributed by atoms with Gasteiger partial charge in [-0.25, -0.2) is 0 Å². The molecule has 3 heteroatoms. The minimum atomic E-state index is -2.75. The zero-order valence-electron chi connectivity index (χ0n) is 8.34. The predicted molar refractivity (Wildman–Crippen MR) is 51.6 cm³/mol. The molecule has 0 unspecified atom stereocenters. The first-order chi connectivity index (χ1) is 6.59. The number of rotatable bonds is 4. The first-order valence-corrected chi connectivity index (χ1v) is 4.62. The van der Waals surface area contributed by atoms with Crippen LogP contribution < -0.4 is 4.74 Å². The lowest BCUT2D eigenvalue weighted by molar-refractivity contribution is -0.0505. The number of ether oxygens (including phenoxy) is 1. The second kappa shape index (κ2) is 4.94. The molecule has 0 atom stereocenters. The molecule has 1 aromatic carbocycles. The Balaban J connectivity index is 2.80. The zero-order chi connectivity index (χ0) is 10.6. The van der Waals surface area contributed by atoms with Gasteiger partial charge < -0.3 is 4.74 Å². The third kappa shape index (κ3) is 3.32. The number of hydrogen-bond acceptors (Lipinski definition) is 1. The van der Waals surface area contributed by atoms with Crippen molar-refractivity contribution in [2.75, 3.05) is 0 Å². The molecular formula is C11H14F2O. The van der Waals surface area contributed by atoms with Crippen LogP contribution in [0, 0.1) is 5.92 Å². The highest BCUT2D eigenvalue weighted by Gasteiger charge is 2.09. The molecule has 1 nitrogen and oxygen atoms in total. The van der Waals surface area contributed by atoms with Crippen LogP contribution in [0.1, 0.15) is 19.4 Å². The van der Waals surface area contributed by atoms with Crippen molar-refractivity contribution in [2.24, 2.45) is 5.92 Å². The first kappa shape index (κ1) is 11.0. The number of para-hydroxylation sites is 1. The summed E-state index contributed by atoms with van der Waals surface area (Å²) in [4.78, 5) is 0. The molecule has 0 spiro atoms. The van der Waals surface area contributed by atoms with Crippen molar-refractivity contribution in [3.05, 3.63) is 29.8 Å². The quantitative estimate of drug-likeness (QED) is 0.722. The second-order valence-electron chi connectivity index (χ2n) is 3.58. The lowest BCUT2D eigenvalue weighted by Crippen LogP contribution is -2.05. The van der Waals surface area contributed by atoms with Crippen molar-refractivity contribution in [1.82, 2.24) is 0 Å². The topological polar surface area (TPSA) is 9.23 Å². The largest absolute Gasteiger partial charge is 0.435 e. The average molecular weight is 200 g/mol. The predicted octanol–water partition coefficient (Wildman–Crippen LogP) is 3.49. The molecule has 0 N–H and O–H groups in total. The highest BCUT2D eigenvalue weighted by Crippen LogP contribution is 2.22. The van der Waals surface area contributed by atoms with Gasteiger partial charge in [-0.2, -0.15) is 8.78 Å². The van der Waals surface area contributed by atoms with Crippen molar-refractivity contribution in [1.29, 1.82) is 0 Å². The third-order valence-electron chi connectivity index (χ3n) is 1.82. The number of hydrogen-bond donors (Lipinski definition) is 0. The number of alkyl halides is 2. The van der Waals surface area contributed by atoms with Crippen LogP contribution in [0.3, 0.4) is 0 Å². The Hall–Kier alpha value is -1.12. The molecule has 0 heterocycles. The highest BCUT2D eigenvalue weighted by molar-refractivity contribution is 5.33. The van der Waals surface area contributed by atoms with E-state index in [0.29, 0.717) is 5.92 Å². The summed E-state index contributed by atoms with van der Waals surface area (Å²) in [5.41, 5.74) is 0.836. The fraction of sp³-hybridized carbons (Fsp3) is 0.455. The van der Waals surface area contributed by atoms with Gasteiger partial charge in [-0.1, -0.05) is 32.0 Å². The van der Waals surface area contributed by atoms with E-state index in [4.69, 9.17) is 0 Å². The van der Waals surface area contributed by atoms with E-state index in [9.17, 15) is 8.78 Å². The Kier molecular flexibility index (Phi) is 3.86. The van der Waals surface area contributed by atoms with Crippen molar-refractivity contribution in [3.8, 4) is 5.75 Å². The molecule has 0 radical (unpaired) electrons. The van der Waals surface area contributed by atoms with Crippen LogP contribution in [-0.4, -0.2) is 6.61 Å². The van der Waals surface area contributed by atoms with Crippen LogP contribution in [0.25, 0.3) is 0 Å².